The summed E-state index contributed by atoms with van der Waals surface area (Å²) in [4.78, 5) is 22.1. The molecule has 1 N–H and O–H groups in total. The predicted octanol–water partition coefficient (Wildman–Crippen LogP) is 3.53. The molecule has 4 nitrogen and oxygen atoms in total. The van der Waals surface area contributed by atoms with E-state index in [0.29, 0.717) is 11.8 Å². The van der Waals surface area contributed by atoms with Crippen molar-refractivity contribution in [1.82, 2.24) is 14.9 Å². The Labute approximate surface area is 137 Å². The number of aromatic nitrogens is 2. The Morgan fingerprint density at radius 3 is 2.87 bits per heavy atom. The Kier molecular flexibility index (Phi) is 4.06. The van der Waals surface area contributed by atoms with Crippen LogP contribution < -0.4 is 0 Å². The van der Waals surface area contributed by atoms with Gasteiger partial charge in [0, 0.05) is 37.3 Å². The highest BCUT2D eigenvalue weighted by atomic mass is 16.2. The average molecular weight is 311 g/mol. The van der Waals surface area contributed by atoms with Gasteiger partial charge in [-0.15, -0.1) is 0 Å². The molecule has 2 aliphatic rings. The van der Waals surface area contributed by atoms with Crippen molar-refractivity contribution in [2.24, 2.45) is 11.8 Å². The Bertz CT molecular complexity index is 681. The second kappa shape index (κ2) is 6.34. The molecule has 1 amide bonds. The number of aromatic amines is 1. The first kappa shape index (κ1) is 14.7. The molecule has 2 aromatic rings. The molecule has 122 valence electrons. The lowest BCUT2D eigenvalue weighted by Crippen LogP contribution is -2.50. The van der Waals surface area contributed by atoms with E-state index in [1.54, 1.807) is 0 Å². The molecule has 1 aliphatic heterocycles. The van der Waals surface area contributed by atoms with Crippen molar-refractivity contribution in [1.29, 1.82) is 0 Å². The number of carbonyl (C=O) groups is 1. The van der Waals surface area contributed by atoms with Gasteiger partial charge in [0.1, 0.15) is 0 Å². The molecule has 4 rings (SSSR count). The minimum Gasteiger partial charge on any atom is -0.360 e. The van der Waals surface area contributed by atoms with Crippen molar-refractivity contribution in [2.75, 3.05) is 13.1 Å². The first-order valence-corrected chi connectivity index (χ1v) is 8.98. The molecular formula is C19H25N3O. The summed E-state index contributed by atoms with van der Waals surface area (Å²) in [5.74, 6) is 1.73. The molecule has 4 heteroatoms. The van der Waals surface area contributed by atoms with Gasteiger partial charge in [-0.1, -0.05) is 25.7 Å². The van der Waals surface area contributed by atoms with E-state index in [0.717, 1.165) is 49.5 Å². The minimum atomic E-state index is 0.360. The van der Waals surface area contributed by atoms with E-state index in [9.17, 15) is 4.79 Å². The van der Waals surface area contributed by atoms with Crippen LogP contribution in [0.15, 0.2) is 24.5 Å². The number of carbonyl (C=O) groups excluding carboxylic acids is 1. The van der Waals surface area contributed by atoms with Crippen LogP contribution in [0, 0.1) is 11.8 Å². The number of H-pyrrole nitrogens is 1. The summed E-state index contributed by atoms with van der Waals surface area (Å²) in [6.45, 7) is 1.81. The first-order chi connectivity index (χ1) is 11.3. The van der Waals surface area contributed by atoms with Gasteiger partial charge < -0.3 is 9.88 Å². The molecular weight excluding hydrogens is 286 g/mol. The Morgan fingerprint density at radius 1 is 1.22 bits per heavy atom. The fourth-order valence-corrected chi connectivity index (χ4v) is 4.16. The van der Waals surface area contributed by atoms with Gasteiger partial charge in [0.05, 0.1) is 11.2 Å². The summed E-state index contributed by atoms with van der Waals surface area (Å²) in [6.07, 6.45) is 12.1. The number of amides is 1. The van der Waals surface area contributed by atoms with Crippen LogP contribution in [-0.2, 0) is 11.2 Å². The van der Waals surface area contributed by atoms with Gasteiger partial charge in [0.2, 0.25) is 5.91 Å². The Morgan fingerprint density at radius 2 is 2.04 bits per heavy atom. The maximum absolute atomic E-state index is 12.3. The molecule has 3 heterocycles. The molecule has 1 saturated heterocycles. The van der Waals surface area contributed by atoms with E-state index in [1.807, 2.05) is 23.4 Å². The van der Waals surface area contributed by atoms with E-state index in [-0.39, 0.29) is 0 Å². The average Bonchev–Trinajstić information content (AvgIpc) is 3.19. The third-order valence-corrected chi connectivity index (χ3v) is 5.59. The maximum atomic E-state index is 12.3. The normalized spacial score (nSPS) is 19.4. The summed E-state index contributed by atoms with van der Waals surface area (Å²) in [6, 6.07) is 4.12. The second-order valence-corrected chi connectivity index (χ2v) is 7.26. The summed E-state index contributed by atoms with van der Waals surface area (Å²) in [7, 11) is 0. The number of hydrogen-bond acceptors (Lipinski definition) is 2. The zero-order valence-corrected chi connectivity index (χ0v) is 13.6. The lowest BCUT2D eigenvalue weighted by Gasteiger charge is -2.39. The summed E-state index contributed by atoms with van der Waals surface area (Å²) in [5.41, 5.74) is 2.29. The number of rotatable bonds is 5. The minimum absolute atomic E-state index is 0.360. The zero-order chi connectivity index (χ0) is 15.6. The Balaban J connectivity index is 1.26. The monoisotopic (exact) mass is 311 g/mol. The van der Waals surface area contributed by atoms with Crippen LogP contribution >= 0.6 is 0 Å². The fraction of sp³-hybridized carbons (Fsp3) is 0.579. The lowest BCUT2D eigenvalue weighted by molar-refractivity contribution is -0.137. The van der Waals surface area contributed by atoms with Gasteiger partial charge in [0.15, 0.2) is 0 Å². The lowest BCUT2D eigenvalue weighted by atomic mass is 9.92. The van der Waals surface area contributed by atoms with Gasteiger partial charge in [-0.2, -0.15) is 0 Å². The van der Waals surface area contributed by atoms with Crippen LogP contribution in [-0.4, -0.2) is 33.9 Å². The Hall–Kier alpha value is -1.84. The number of pyridine rings is 1. The third kappa shape index (κ3) is 3.12. The van der Waals surface area contributed by atoms with Crippen LogP contribution in [0.25, 0.3) is 10.9 Å². The highest BCUT2D eigenvalue weighted by Gasteiger charge is 2.31. The molecule has 0 radical (unpaired) electrons. The molecule has 1 aliphatic carbocycles. The number of nitrogens with one attached hydrogen (secondary N) is 1. The van der Waals surface area contributed by atoms with Gasteiger partial charge in [-0.3, -0.25) is 9.78 Å². The van der Waals surface area contributed by atoms with E-state index in [1.165, 1.54) is 31.1 Å². The van der Waals surface area contributed by atoms with Crippen molar-refractivity contribution >= 4 is 16.8 Å². The van der Waals surface area contributed by atoms with Crippen molar-refractivity contribution in [2.45, 2.75) is 44.9 Å². The zero-order valence-electron chi connectivity index (χ0n) is 13.6. The second-order valence-electron chi connectivity index (χ2n) is 7.26. The van der Waals surface area contributed by atoms with Crippen LogP contribution in [0.4, 0.5) is 0 Å². The fourth-order valence-electron chi connectivity index (χ4n) is 4.16. The number of nitrogens with zero attached hydrogens (tertiary/aromatic N) is 2. The standard InChI is InChI=1S/C19H25N3O/c23-18(6-5-14-3-1-2-4-14)22-12-15(13-22)11-17-19-16(7-9-20-17)8-10-21-19/h7-10,14-15,21H,1-6,11-13H2. The molecule has 1 saturated carbocycles. The van der Waals surface area contributed by atoms with E-state index >= 15 is 0 Å². The summed E-state index contributed by atoms with van der Waals surface area (Å²) in [5, 5.41) is 1.22. The highest BCUT2D eigenvalue weighted by Crippen LogP contribution is 2.30. The third-order valence-electron chi connectivity index (χ3n) is 5.59. The van der Waals surface area contributed by atoms with E-state index < -0.39 is 0 Å². The SMILES string of the molecule is O=C(CCC1CCCC1)N1CC(Cc2nccc3cc[nH]c23)C1. The molecule has 0 bridgehead atoms. The predicted molar refractivity (Wildman–Crippen MR) is 91.1 cm³/mol. The van der Waals surface area contributed by atoms with Crippen LogP contribution in [0.5, 0.6) is 0 Å². The van der Waals surface area contributed by atoms with Gasteiger partial charge in [0.25, 0.3) is 0 Å². The molecule has 23 heavy (non-hydrogen) atoms. The number of likely N-dealkylation sites (tertiary alicyclic amines) is 1. The van der Waals surface area contributed by atoms with Gasteiger partial charge >= 0.3 is 0 Å². The topological polar surface area (TPSA) is 49.0 Å². The van der Waals surface area contributed by atoms with Gasteiger partial charge in [-0.25, -0.2) is 0 Å². The van der Waals surface area contributed by atoms with E-state index in [2.05, 4.69) is 16.0 Å². The van der Waals surface area contributed by atoms with Crippen molar-refractivity contribution < 1.29 is 4.79 Å². The molecule has 0 unspecified atom stereocenters. The maximum Gasteiger partial charge on any atom is 0.222 e. The van der Waals surface area contributed by atoms with Crippen molar-refractivity contribution in [3.8, 4) is 0 Å². The molecule has 0 spiro atoms. The molecule has 0 atom stereocenters. The van der Waals surface area contributed by atoms with Crippen molar-refractivity contribution in [3.63, 3.8) is 0 Å². The van der Waals surface area contributed by atoms with Crippen LogP contribution in [0.3, 0.4) is 0 Å². The summed E-state index contributed by atoms with van der Waals surface area (Å²) < 4.78 is 0. The summed E-state index contributed by atoms with van der Waals surface area (Å²) >= 11 is 0. The highest BCUT2D eigenvalue weighted by molar-refractivity contribution is 5.81. The molecule has 2 fully saturated rings. The number of hydrogen-bond donors (Lipinski definition) is 1. The number of fused-ring (bicyclic) bond motifs is 1. The molecule has 2 aromatic heterocycles. The molecule has 0 aromatic carbocycles. The van der Waals surface area contributed by atoms with Crippen LogP contribution in [0.2, 0.25) is 0 Å². The smallest absolute Gasteiger partial charge is 0.222 e. The van der Waals surface area contributed by atoms with Gasteiger partial charge in [-0.05, 0) is 36.8 Å². The van der Waals surface area contributed by atoms with E-state index in [4.69, 9.17) is 0 Å². The van der Waals surface area contributed by atoms with Crippen LogP contribution in [0.1, 0.15) is 44.2 Å². The van der Waals surface area contributed by atoms with Crippen molar-refractivity contribution in [3.05, 3.63) is 30.2 Å². The first-order valence-electron chi connectivity index (χ1n) is 8.98. The largest absolute Gasteiger partial charge is 0.360 e. The quantitative estimate of drug-likeness (QED) is 0.918.